The molecule has 0 amide bonds. The third kappa shape index (κ3) is 3.79. The molecule has 1 rings (SSSR count). The molecule has 0 aliphatic rings. The van der Waals surface area contributed by atoms with Gasteiger partial charge in [-0.3, -0.25) is 0 Å². The summed E-state index contributed by atoms with van der Waals surface area (Å²) in [4.78, 5) is 0.0828. The van der Waals surface area contributed by atoms with Crippen molar-refractivity contribution in [3.63, 3.8) is 0 Å². The van der Waals surface area contributed by atoms with E-state index in [1.165, 1.54) is 19.2 Å². The number of nitrogen functional groups attached to an aromatic ring is 1. The molecule has 0 spiro atoms. The van der Waals surface area contributed by atoms with Gasteiger partial charge in [0, 0.05) is 18.4 Å². The number of methoxy groups -OCH3 is 1. The number of nitrogens with two attached hydrogens (primary N) is 1. The highest BCUT2D eigenvalue weighted by atomic mass is 32.2. The number of hydrogen-bond acceptors (Lipinski definition) is 5. The van der Waals surface area contributed by atoms with Crippen molar-refractivity contribution in [3.8, 4) is 5.75 Å². The highest BCUT2D eigenvalue weighted by Gasteiger charge is 2.16. The van der Waals surface area contributed by atoms with Crippen molar-refractivity contribution in [2.24, 2.45) is 0 Å². The van der Waals surface area contributed by atoms with E-state index in [0.717, 1.165) is 5.75 Å². The first kappa shape index (κ1) is 14.1. The molecule has 0 fully saturated rings. The first-order valence-corrected chi connectivity index (χ1v) is 7.81. The maximum atomic E-state index is 11.9. The molecule has 0 atom stereocenters. The second-order valence-corrected chi connectivity index (χ2v) is 6.02. The van der Waals surface area contributed by atoms with E-state index in [-0.39, 0.29) is 10.6 Å². The lowest BCUT2D eigenvalue weighted by molar-refractivity contribution is 0.414. The fourth-order valence-electron chi connectivity index (χ4n) is 1.25. The summed E-state index contributed by atoms with van der Waals surface area (Å²) in [5, 5.41) is 0. The fraction of sp³-hybridized carbons (Fsp3) is 0.400. The van der Waals surface area contributed by atoms with Crippen molar-refractivity contribution < 1.29 is 13.2 Å². The van der Waals surface area contributed by atoms with Crippen LogP contribution >= 0.6 is 11.8 Å². The molecule has 96 valence electrons. The van der Waals surface area contributed by atoms with Crippen molar-refractivity contribution in [2.45, 2.75) is 4.90 Å². The molecule has 3 N–H and O–H groups in total. The number of nitrogens with one attached hydrogen (secondary N) is 1. The second kappa shape index (κ2) is 6.13. The predicted molar refractivity (Wildman–Crippen MR) is 71.0 cm³/mol. The molecular formula is C10H16N2O3S2. The lowest BCUT2D eigenvalue weighted by Gasteiger charge is -2.09. The van der Waals surface area contributed by atoms with Crippen molar-refractivity contribution in [1.82, 2.24) is 4.72 Å². The molecule has 0 bridgehead atoms. The summed E-state index contributed by atoms with van der Waals surface area (Å²) >= 11 is 1.57. The van der Waals surface area contributed by atoms with Crippen LogP contribution in [0.3, 0.4) is 0 Å². The van der Waals surface area contributed by atoms with Crippen molar-refractivity contribution in [3.05, 3.63) is 18.2 Å². The van der Waals surface area contributed by atoms with E-state index in [1.54, 1.807) is 17.8 Å². The van der Waals surface area contributed by atoms with Gasteiger partial charge in [-0.15, -0.1) is 0 Å². The zero-order valence-corrected chi connectivity index (χ0v) is 11.4. The standard InChI is InChI=1S/C10H16N2O3S2/c1-15-8-3-4-10(9(11)7-8)17(13,14)12-5-6-16-2/h3-4,7,12H,5-6,11H2,1-2H3. The van der Waals surface area contributed by atoms with Gasteiger partial charge in [-0.1, -0.05) is 0 Å². The highest BCUT2D eigenvalue weighted by molar-refractivity contribution is 7.98. The smallest absolute Gasteiger partial charge is 0.242 e. The Hall–Kier alpha value is -0.920. The van der Waals surface area contributed by atoms with E-state index < -0.39 is 10.0 Å². The molecule has 0 aliphatic carbocycles. The van der Waals surface area contributed by atoms with Crippen molar-refractivity contribution in [1.29, 1.82) is 0 Å². The minimum Gasteiger partial charge on any atom is -0.497 e. The third-order valence-corrected chi connectivity index (χ3v) is 4.25. The normalized spacial score (nSPS) is 11.4. The van der Waals surface area contributed by atoms with Gasteiger partial charge in [-0.2, -0.15) is 11.8 Å². The monoisotopic (exact) mass is 276 g/mol. The summed E-state index contributed by atoms with van der Waals surface area (Å²) in [6, 6.07) is 4.50. The Morgan fingerprint density at radius 2 is 2.18 bits per heavy atom. The highest BCUT2D eigenvalue weighted by Crippen LogP contribution is 2.23. The molecule has 17 heavy (non-hydrogen) atoms. The van der Waals surface area contributed by atoms with E-state index in [1.807, 2.05) is 6.26 Å². The predicted octanol–water partition coefficient (Wildman–Crippen LogP) is 0.919. The molecule has 0 saturated carbocycles. The summed E-state index contributed by atoms with van der Waals surface area (Å²) in [6.45, 7) is 0.384. The quantitative estimate of drug-likeness (QED) is 0.596. The molecule has 5 nitrogen and oxygen atoms in total. The van der Waals surface area contributed by atoms with Crippen LogP contribution in [0.2, 0.25) is 0 Å². The molecular weight excluding hydrogens is 260 g/mol. The van der Waals surface area contributed by atoms with Crippen LogP contribution in [0.1, 0.15) is 0 Å². The maximum absolute atomic E-state index is 11.9. The van der Waals surface area contributed by atoms with Gasteiger partial charge in [0.2, 0.25) is 10.0 Å². The van der Waals surface area contributed by atoms with Gasteiger partial charge in [0.05, 0.1) is 12.8 Å². The van der Waals surface area contributed by atoms with Gasteiger partial charge in [-0.05, 0) is 18.4 Å². The summed E-state index contributed by atoms with van der Waals surface area (Å²) in [7, 11) is -2.03. The Morgan fingerprint density at radius 3 is 2.71 bits per heavy atom. The van der Waals surface area contributed by atoms with E-state index in [4.69, 9.17) is 10.5 Å². The van der Waals surface area contributed by atoms with Gasteiger partial charge in [0.25, 0.3) is 0 Å². The average Bonchev–Trinajstić information content (AvgIpc) is 2.28. The fourth-order valence-corrected chi connectivity index (χ4v) is 2.83. The molecule has 1 aromatic carbocycles. The maximum Gasteiger partial charge on any atom is 0.242 e. The number of rotatable bonds is 6. The number of sulfonamides is 1. The Morgan fingerprint density at radius 1 is 1.47 bits per heavy atom. The van der Waals surface area contributed by atoms with Crippen LogP contribution in [0.25, 0.3) is 0 Å². The van der Waals surface area contributed by atoms with E-state index in [2.05, 4.69) is 4.72 Å². The minimum absolute atomic E-state index is 0.0828. The number of ether oxygens (including phenoxy) is 1. The summed E-state index contributed by atoms with van der Waals surface area (Å²) in [5.41, 5.74) is 5.86. The Bertz CT molecular complexity index is 474. The van der Waals surface area contributed by atoms with Gasteiger partial charge in [0.15, 0.2) is 0 Å². The van der Waals surface area contributed by atoms with E-state index >= 15 is 0 Å². The summed E-state index contributed by atoms with van der Waals surface area (Å²) < 4.78 is 31.2. The van der Waals surface area contributed by atoms with Gasteiger partial charge < -0.3 is 10.5 Å². The molecule has 0 aliphatic heterocycles. The van der Waals surface area contributed by atoms with Crippen LogP contribution in [-0.4, -0.2) is 34.1 Å². The first-order chi connectivity index (χ1) is 8.01. The number of hydrogen-bond donors (Lipinski definition) is 2. The van der Waals surface area contributed by atoms with Crippen LogP contribution in [0, 0.1) is 0 Å². The zero-order chi connectivity index (χ0) is 12.9. The van der Waals surface area contributed by atoms with E-state index in [0.29, 0.717) is 12.3 Å². The molecule has 0 radical (unpaired) electrons. The molecule has 0 unspecified atom stereocenters. The van der Waals surface area contributed by atoms with Gasteiger partial charge >= 0.3 is 0 Å². The Kier molecular flexibility index (Phi) is 5.10. The second-order valence-electron chi connectivity index (χ2n) is 3.29. The van der Waals surface area contributed by atoms with Gasteiger partial charge in [-0.25, -0.2) is 13.1 Å². The first-order valence-electron chi connectivity index (χ1n) is 4.93. The lowest BCUT2D eigenvalue weighted by atomic mass is 10.3. The third-order valence-electron chi connectivity index (χ3n) is 2.10. The largest absolute Gasteiger partial charge is 0.497 e. The number of anilines is 1. The molecule has 0 heterocycles. The lowest BCUT2D eigenvalue weighted by Crippen LogP contribution is -2.26. The average molecular weight is 276 g/mol. The Balaban J connectivity index is 2.91. The SMILES string of the molecule is COc1ccc(S(=O)(=O)NCCSC)c(N)c1. The summed E-state index contributed by atoms with van der Waals surface area (Å²) in [6.07, 6.45) is 1.91. The Labute approximate surface area is 106 Å². The van der Waals surface area contributed by atoms with Crippen LogP contribution in [0.15, 0.2) is 23.1 Å². The van der Waals surface area contributed by atoms with Crippen LogP contribution in [-0.2, 0) is 10.0 Å². The van der Waals surface area contributed by atoms with Crippen molar-refractivity contribution in [2.75, 3.05) is 31.4 Å². The number of benzene rings is 1. The molecule has 7 heteroatoms. The summed E-state index contributed by atoms with van der Waals surface area (Å²) in [5.74, 6) is 1.25. The van der Waals surface area contributed by atoms with Crippen molar-refractivity contribution >= 4 is 27.5 Å². The molecule has 0 aromatic heterocycles. The molecule has 0 saturated heterocycles. The zero-order valence-electron chi connectivity index (χ0n) is 9.76. The van der Waals surface area contributed by atoms with Crippen LogP contribution in [0.5, 0.6) is 5.75 Å². The van der Waals surface area contributed by atoms with Crippen LogP contribution < -0.4 is 15.2 Å². The van der Waals surface area contributed by atoms with E-state index in [9.17, 15) is 8.42 Å². The minimum atomic E-state index is -3.53. The van der Waals surface area contributed by atoms with Gasteiger partial charge in [0.1, 0.15) is 10.6 Å². The topological polar surface area (TPSA) is 81.4 Å². The molecule has 1 aromatic rings. The number of thioether (sulfide) groups is 1. The van der Waals surface area contributed by atoms with Crippen LogP contribution in [0.4, 0.5) is 5.69 Å².